The van der Waals surface area contributed by atoms with Gasteiger partial charge in [0.25, 0.3) is 0 Å². The van der Waals surface area contributed by atoms with Gasteiger partial charge in [0.15, 0.2) is 0 Å². The molecule has 2 N–H and O–H groups in total. The Hall–Kier alpha value is -1.06. The average Bonchev–Trinajstić information content (AvgIpc) is 2.42. The number of unbranched alkanes of at least 4 members (excludes halogenated alkanes) is 2. The fourth-order valence-electron chi connectivity index (χ4n) is 1.98. The molecule has 0 amide bonds. The van der Waals surface area contributed by atoms with Gasteiger partial charge in [-0.05, 0) is 49.4 Å². The third-order valence-electron chi connectivity index (χ3n) is 3.22. The molecular weight excluding hydrogens is 238 g/mol. The lowest BCUT2D eigenvalue weighted by Crippen LogP contribution is -2.02. The molecule has 0 radical (unpaired) electrons. The Morgan fingerprint density at radius 2 is 1.95 bits per heavy atom. The van der Waals surface area contributed by atoms with Crippen molar-refractivity contribution in [3.63, 3.8) is 0 Å². The van der Waals surface area contributed by atoms with Crippen molar-refractivity contribution >= 4 is 0 Å². The second-order valence-corrected chi connectivity index (χ2v) is 5.13. The first-order chi connectivity index (χ1) is 9.19. The molecule has 0 aliphatic rings. The minimum absolute atomic E-state index is 0.522. The highest BCUT2D eigenvalue weighted by molar-refractivity contribution is 5.37. The van der Waals surface area contributed by atoms with E-state index < -0.39 is 0 Å². The van der Waals surface area contributed by atoms with Gasteiger partial charge in [0.2, 0.25) is 0 Å². The molecule has 0 saturated heterocycles. The summed E-state index contributed by atoms with van der Waals surface area (Å²) in [7, 11) is 1.70. The number of rotatable bonds is 9. The van der Waals surface area contributed by atoms with E-state index in [9.17, 15) is 0 Å². The van der Waals surface area contributed by atoms with Crippen LogP contribution in [0.25, 0.3) is 0 Å². The molecule has 0 bridgehead atoms. The second-order valence-electron chi connectivity index (χ2n) is 5.13. The summed E-state index contributed by atoms with van der Waals surface area (Å²) in [5, 5.41) is 0. The quantitative estimate of drug-likeness (QED) is 0.695. The van der Waals surface area contributed by atoms with Gasteiger partial charge in [-0.3, -0.25) is 0 Å². The minimum atomic E-state index is 0.522. The fraction of sp³-hybridized carbons (Fsp3) is 0.625. The number of ether oxygens (including phenoxy) is 2. The summed E-state index contributed by atoms with van der Waals surface area (Å²) in [5.41, 5.74) is 7.91. The summed E-state index contributed by atoms with van der Waals surface area (Å²) in [6.07, 6.45) is 3.29. The van der Waals surface area contributed by atoms with Crippen molar-refractivity contribution in [2.24, 2.45) is 5.73 Å². The number of hydrogen-bond donors (Lipinski definition) is 1. The maximum atomic E-state index is 5.72. The first-order valence-corrected chi connectivity index (χ1v) is 7.13. The number of methoxy groups -OCH3 is 1. The van der Waals surface area contributed by atoms with Gasteiger partial charge in [0, 0.05) is 12.2 Å². The topological polar surface area (TPSA) is 44.5 Å². The van der Waals surface area contributed by atoms with Gasteiger partial charge in [-0.2, -0.15) is 0 Å². The SMILES string of the molecule is COc1ccc(C(C)C)cc1COCCCCCN. The maximum Gasteiger partial charge on any atom is 0.124 e. The van der Waals surface area contributed by atoms with Crippen molar-refractivity contribution in [3.8, 4) is 5.75 Å². The average molecular weight is 265 g/mol. The first-order valence-electron chi connectivity index (χ1n) is 7.13. The molecule has 0 fully saturated rings. The molecule has 0 aliphatic heterocycles. The third-order valence-corrected chi connectivity index (χ3v) is 3.22. The van der Waals surface area contributed by atoms with Gasteiger partial charge in [-0.15, -0.1) is 0 Å². The summed E-state index contributed by atoms with van der Waals surface area (Å²) in [5.74, 6) is 1.43. The molecular formula is C16H27NO2. The van der Waals surface area contributed by atoms with Crippen LogP contribution in [0, 0.1) is 0 Å². The van der Waals surface area contributed by atoms with Crippen LogP contribution in [0.4, 0.5) is 0 Å². The van der Waals surface area contributed by atoms with Crippen LogP contribution >= 0.6 is 0 Å². The molecule has 19 heavy (non-hydrogen) atoms. The monoisotopic (exact) mass is 265 g/mol. The molecule has 3 heteroatoms. The first kappa shape index (κ1) is 16.0. The standard InChI is InChI=1S/C16H27NO2/c1-13(2)14-7-8-16(18-3)15(11-14)12-19-10-6-4-5-9-17/h7-8,11,13H,4-6,9-10,12,17H2,1-3H3. The zero-order valence-corrected chi connectivity index (χ0v) is 12.4. The van der Waals surface area contributed by atoms with Crippen LogP contribution in [-0.4, -0.2) is 20.3 Å². The lowest BCUT2D eigenvalue weighted by Gasteiger charge is -2.13. The van der Waals surface area contributed by atoms with Gasteiger partial charge < -0.3 is 15.2 Å². The van der Waals surface area contributed by atoms with Crippen LogP contribution in [-0.2, 0) is 11.3 Å². The van der Waals surface area contributed by atoms with Crippen molar-refractivity contribution in [1.29, 1.82) is 0 Å². The number of hydrogen-bond acceptors (Lipinski definition) is 3. The lowest BCUT2D eigenvalue weighted by molar-refractivity contribution is 0.115. The minimum Gasteiger partial charge on any atom is -0.496 e. The van der Waals surface area contributed by atoms with Gasteiger partial charge in [-0.1, -0.05) is 19.9 Å². The molecule has 1 rings (SSSR count). The Labute approximate surface area is 117 Å². The fourth-order valence-corrected chi connectivity index (χ4v) is 1.98. The largest absolute Gasteiger partial charge is 0.496 e. The third kappa shape index (κ3) is 5.62. The van der Waals surface area contributed by atoms with Crippen molar-refractivity contribution in [1.82, 2.24) is 0 Å². The molecule has 0 saturated carbocycles. The van der Waals surface area contributed by atoms with Crippen LogP contribution in [0.2, 0.25) is 0 Å². The summed E-state index contributed by atoms with van der Waals surface area (Å²) in [4.78, 5) is 0. The Morgan fingerprint density at radius 3 is 2.58 bits per heavy atom. The lowest BCUT2D eigenvalue weighted by atomic mass is 10.0. The van der Waals surface area contributed by atoms with Crippen molar-refractivity contribution in [2.45, 2.75) is 45.6 Å². The predicted molar refractivity (Wildman–Crippen MR) is 79.6 cm³/mol. The molecule has 0 aliphatic carbocycles. The molecule has 0 spiro atoms. The molecule has 0 atom stereocenters. The van der Waals surface area contributed by atoms with E-state index in [0.29, 0.717) is 12.5 Å². The van der Waals surface area contributed by atoms with E-state index in [1.54, 1.807) is 7.11 Å². The summed E-state index contributed by atoms with van der Waals surface area (Å²) in [6.45, 7) is 6.56. The van der Waals surface area contributed by atoms with Gasteiger partial charge in [-0.25, -0.2) is 0 Å². The summed E-state index contributed by atoms with van der Waals surface area (Å²) in [6, 6.07) is 6.33. The van der Waals surface area contributed by atoms with E-state index in [0.717, 1.165) is 43.7 Å². The molecule has 1 aromatic rings. The van der Waals surface area contributed by atoms with E-state index in [-0.39, 0.29) is 0 Å². The molecule has 0 heterocycles. The molecule has 108 valence electrons. The molecule has 1 aromatic carbocycles. The van der Waals surface area contributed by atoms with Crippen molar-refractivity contribution in [2.75, 3.05) is 20.3 Å². The van der Waals surface area contributed by atoms with E-state index in [1.807, 2.05) is 6.07 Å². The van der Waals surface area contributed by atoms with Crippen molar-refractivity contribution < 1.29 is 9.47 Å². The van der Waals surface area contributed by atoms with Crippen LogP contribution in [0.15, 0.2) is 18.2 Å². The summed E-state index contributed by atoms with van der Waals surface area (Å²) < 4.78 is 11.1. The van der Waals surface area contributed by atoms with Crippen LogP contribution in [0.1, 0.15) is 50.2 Å². The Balaban J connectivity index is 2.48. The molecule has 0 aromatic heterocycles. The van der Waals surface area contributed by atoms with Crippen LogP contribution in [0.3, 0.4) is 0 Å². The highest BCUT2D eigenvalue weighted by Crippen LogP contribution is 2.24. The smallest absolute Gasteiger partial charge is 0.124 e. The number of nitrogens with two attached hydrogens (primary N) is 1. The highest BCUT2D eigenvalue weighted by atomic mass is 16.5. The van der Waals surface area contributed by atoms with E-state index in [4.69, 9.17) is 15.2 Å². The Bertz CT molecular complexity index is 364. The zero-order chi connectivity index (χ0) is 14.1. The van der Waals surface area contributed by atoms with Gasteiger partial charge in [0.1, 0.15) is 5.75 Å². The molecule has 3 nitrogen and oxygen atoms in total. The Kier molecular flexibility index (Phi) is 7.53. The van der Waals surface area contributed by atoms with Gasteiger partial charge >= 0.3 is 0 Å². The van der Waals surface area contributed by atoms with Gasteiger partial charge in [0.05, 0.1) is 13.7 Å². The second kappa shape index (κ2) is 8.94. The molecule has 0 unspecified atom stereocenters. The van der Waals surface area contributed by atoms with E-state index >= 15 is 0 Å². The number of benzene rings is 1. The predicted octanol–water partition coefficient (Wildman–Crippen LogP) is 3.46. The van der Waals surface area contributed by atoms with Crippen LogP contribution in [0.5, 0.6) is 5.75 Å². The zero-order valence-electron chi connectivity index (χ0n) is 12.4. The van der Waals surface area contributed by atoms with E-state index in [2.05, 4.69) is 26.0 Å². The maximum absolute atomic E-state index is 5.72. The summed E-state index contributed by atoms with van der Waals surface area (Å²) >= 11 is 0. The normalized spacial score (nSPS) is 11.0. The van der Waals surface area contributed by atoms with Crippen molar-refractivity contribution in [3.05, 3.63) is 29.3 Å². The van der Waals surface area contributed by atoms with E-state index in [1.165, 1.54) is 5.56 Å². The Morgan fingerprint density at radius 1 is 1.16 bits per heavy atom. The highest BCUT2D eigenvalue weighted by Gasteiger charge is 2.07. The van der Waals surface area contributed by atoms with Crippen LogP contribution < -0.4 is 10.5 Å².